The molecule has 6 nitrogen and oxygen atoms in total. The van der Waals surface area contributed by atoms with Crippen LogP contribution >= 0.6 is 0 Å². The van der Waals surface area contributed by atoms with Gasteiger partial charge in [0.2, 0.25) is 0 Å². The van der Waals surface area contributed by atoms with E-state index in [0.29, 0.717) is 17.7 Å². The number of nitrogens with zero attached hydrogens (tertiary/aromatic N) is 2. The van der Waals surface area contributed by atoms with Gasteiger partial charge in [-0.15, -0.1) is 0 Å². The summed E-state index contributed by atoms with van der Waals surface area (Å²) in [6.07, 6.45) is 4.72. The fourth-order valence-corrected chi connectivity index (χ4v) is 4.06. The minimum atomic E-state index is -3.55. The first kappa shape index (κ1) is 19.7. The first-order valence-corrected chi connectivity index (χ1v) is 10.4. The Balaban J connectivity index is 1.77. The van der Waals surface area contributed by atoms with E-state index in [-0.39, 0.29) is 16.6 Å². The van der Waals surface area contributed by atoms with Crippen molar-refractivity contribution in [3.8, 4) is 0 Å². The molecule has 1 amide bonds. The van der Waals surface area contributed by atoms with Crippen molar-refractivity contribution in [2.75, 3.05) is 0 Å². The number of hydrogen-bond acceptors (Lipinski definition) is 5. The van der Waals surface area contributed by atoms with Crippen LogP contribution in [0, 0.1) is 13.8 Å². The summed E-state index contributed by atoms with van der Waals surface area (Å²) in [5.74, 6) is -0.452. The van der Waals surface area contributed by atoms with Crippen LogP contribution in [0.1, 0.15) is 32.7 Å². The van der Waals surface area contributed by atoms with Crippen molar-refractivity contribution in [1.29, 1.82) is 0 Å². The lowest BCUT2D eigenvalue weighted by molar-refractivity contribution is 0.0950. The van der Waals surface area contributed by atoms with Crippen LogP contribution in [0.4, 0.5) is 0 Å². The second-order valence-electron chi connectivity index (χ2n) is 6.58. The summed E-state index contributed by atoms with van der Waals surface area (Å²) in [5.41, 5.74) is 3.46. The van der Waals surface area contributed by atoms with Gasteiger partial charge in [0.25, 0.3) is 5.91 Å². The molecule has 0 aliphatic rings. The fourth-order valence-electron chi connectivity index (χ4n) is 2.68. The topological polar surface area (TPSA) is 89.0 Å². The van der Waals surface area contributed by atoms with E-state index in [1.165, 1.54) is 6.20 Å². The summed E-state index contributed by atoms with van der Waals surface area (Å²) in [6, 6.07) is 12.0. The van der Waals surface area contributed by atoms with Gasteiger partial charge in [-0.1, -0.05) is 12.1 Å². The number of rotatable bonds is 6. The molecule has 144 valence electrons. The van der Waals surface area contributed by atoms with Crippen molar-refractivity contribution in [1.82, 2.24) is 15.3 Å². The van der Waals surface area contributed by atoms with E-state index in [0.717, 1.165) is 16.8 Å². The monoisotopic (exact) mass is 395 g/mol. The molecule has 2 heterocycles. The number of sulfone groups is 1. The smallest absolute Gasteiger partial charge is 0.251 e. The number of carbonyl (C=O) groups is 1. The SMILES string of the molecule is Cc1ccc(S(=O)(=O)Cc2cc(C(=O)NCc3cccnc3)ccc2C)cn1. The van der Waals surface area contributed by atoms with E-state index in [2.05, 4.69) is 15.3 Å². The highest BCUT2D eigenvalue weighted by atomic mass is 32.2. The average molecular weight is 395 g/mol. The quantitative estimate of drug-likeness (QED) is 0.693. The van der Waals surface area contributed by atoms with E-state index < -0.39 is 9.84 Å². The maximum absolute atomic E-state index is 12.7. The Labute approximate surface area is 164 Å². The minimum Gasteiger partial charge on any atom is -0.348 e. The largest absolute Gasteiger partial charge is 0.348 e. The number of benzene rings is 1. The molecule has 0 aliphatic carbocycles. The summed E-state index contributed by atoms with van der Waals surface area (Å²) in [6.45, 7) is 3.98. The van der Waals surface area contributed by atoms with Crippen molar-refractivity contribution in [3.63, 3.8) is 0 Å². The van der Waals surface area contributed by atoms with Crippen LogP contribution in [0.15, 0.2) is 66.0 Å². The van der Waals surface area contributed by atoms with Gasteiger partial charge in [0, 0.05) is 36.4 Å². The molecule has 0 atom stereocenters. The molecule has 1 aromatic carbocycles. The third kappa shape index (κ3) is 4.80. The van der Waals surface area contributed by atoms with E-state index in [1.807, 2.05) is 13.0 Å². The Morgan fingerprint density at radius 2 is 1.89 bits per heavy atom. The number of aromatic nitrogens is 2. The number of nitrogens with one attached hydrogen (secondary N) is 1. The summed E-state index contributed by atoms with van der Waals surface area (Å²) >= 11 is 0. The van der Waals surface area contributed by atoms with Crippen LogP contribution in [-0.2, 0) is 22.1 Å². The highest BCUT2D eigenvalue weighted by molar-refractivity contribution is 7.90. The molecule has 0 saturated heterocycles. The normalized spacial score (nSPS) is 11.2. The van der Waals surface area contributed by atoms with E-state index >= 15 is 0 Å². The Bertz CT molecular complexity index is 1080. The summed E-state index contributed by atoms with van der Waals surface area (Å²) < 4.78 is 25.4. The van der Waals surface area contributed by atoms with Gasteiger partial charge in [0.1, 0.15) is 0 Å². The molecule has 0 aliphatic heterocycles. The Morgan fingerprint density at radius 3 is 2.57 bits per heavy atom. The van der Waals surface area contributed by atoms with Crippen molar-refractivity contribution >= 4 is 15.7 Å². The van der Waals surface area contributed by atoms with Gasteiger partial charge in [-0.3, -0.25) is 14.8 Å². The Kier molecular flexibility index (Phi) is 5.84. The van der Waals surface area contributed by atoms with Gasteiger partial charge in [0.15, 0.2) is 9.84 Å². The summed E-state index contributed by atoms with van der Waals surface area (Å²) in [7, 11) is -3.55. The second-order valence-corrected chi connectivity index (χ2v) is 8.57. The highest BCUT2D eigenvalue weighted by Gasteiger charge is 2.18. The van der Waals surface area contributed by atoms with Gasteiger partial charge >= 0.3 is 0 Å². The predicted octanol–water partition coefficient (Wildman–Crippen LogP) is 3.00. The zero-order valence-corrected chi connectivity index (χ0v) is 16.5. The minimum absolute atomic E-state index is 0.170. The van der Waals surface area contributed by atoms with Crippen LogP contribution in [0.25, 0.3) is 0 Å². The first-order chi connectivity index (χ1) is 13.3. The van der Waals surface area contributed by atoms with Gasteiger partial charge in [0.05, 0.1) is 10.6 Å². The molecule has 0 radical (unpaired) electrons. The third-order valence-electron chi connectivity index (χ3n) is 4.38. The molecular formula is C21H21N3O3S. The van der Waals surface area contributed by atoms with Crippen LogP contribution in [0.3, 0.4) is 0 Å². The molecule has 0 saturated carbocycles. The zero-order valence-electron chi connectivity index (χ0n) is 15.7. The van der Waals surface area contributed by atoms with Crippen LogP contribution < -0.4 is 5.32 Å². The summed E-state index contributed by atoms with van der Waals surface area (Å²) in [4.78, 5) is 20.7. The van der Waals surface area contributed by atoms with Crippen molar-refractivity contribution in [2.45, 2.75) is 31.0 Å². The van der Waals surface area contributed by atoms with E-state index in [1.54, 1.807) is 55.7 Å². The van der Waals surface area contributed by atoms with Crippen LogP contribution in [0.5, 0.6) is 0 Å². The maximum Gasteiger partial charge on any atom is 0.251 e. The van der Waals surface area contributed by atoms with Gasteiger partial charge in [-0.2, -0.15) is 0 Å². The lowest BCUT2D eigenvalue weighted by Gasteiger charge is -2.11. The number of pyridine rings is 2. The Morgan fingerprint density at radius 1 is 1.07 bits per heavy atom. The predicted molar refractivity (Wildman–Crippen MR) is 106 cm³/mol. The standard InChI is InChI=1S/C21H21N3O3S/c1-15-5-7-18(21(25)24-12-17-4-3-9-22-11-17)10-19(15)14-28(26,27)20-8-6-16(2)23-13-20/h3-11,13H,12,14H2,1-2H3,(H,24,25). The van der Waals surface area contributed by atoms with E-state index in [9.17, 15) is 13.2 Å². The maximum atomic E-state index is 12.7. The van der Waals surface area contributed by atoms with Crippen molar-refractivity contribution in [2.24, 2.45) is 0 Å². The van der Waals surface area contributed by atoms with Crippen LogP contribution in [-0.4, -0.2) is 24.3 Å². The first-order valence-electron chi connectivity index (χ1n) is 8.77. The van der Waals surface area contributed by atoms with Crippen LogP contribution in [0.2, 0.25) is 0 Å². The number of amides is 1. The van der Waals surface area contributed by atoms with Crippen molar-refractivity contribution in [3.05, 3.63) is 89.0 Å². The lowest BCUT2D eigenvalue weighted by Crippen LogP contribution is -2.23. The average Bonchev–Trinajstić information content (AvgIpc) is 2.69. The number of carbonyl (C=O) groups excluding carboxylic acids is 1. The molecule has 0 unspecified atom stereocenters. The van der Waals surface area contributed by atoms with E-state index in [4.69, 9.17) is 0 Å². The second kappa shape index (κ2) is 8.31. The highest BCUT2D eigenvalue weighted by Crippen LogP contribution is 2.20. The molecule has 3 rings (SSSR count). The Hall–Kier alpha value is -3.06. The molecule has 2 aromatic heterocycles. The molecule has 3 aromatic rings. The molecule has 1 N–H and O–H groups in total. The summed E-state index contributed by atoms with van der Waals surface area (Å²) in [5, 5.41) is 2.82. The van der Waals surface area contributed by atoms with Gasteiger partial charge < -0.3 is 5.32 Å². The molecular weight excluding hydrogens is 374 g/mol. The van der Waals surface area contributed by atoms with Gasteiger partial charge in [-0.25, -0.2) is 8.42 Å². The lowest BCUT2D eigenvalue weighted by atomic mass is 10.1. The molecule has 0 fully saturated rings. The zero-order chi connectivity index (χ0) is 20.1. The number of aryl methyl sites for hydroxylation is 2. The third-order valence-corrected chi connectivity index (χ3v) is 6.03. The molecule has 0 spiro atoms. The molecule has 28 heavy (non-hydrogen) atoms. The molecule has 7 heteroatoms. The fraction of sp³-hybridized carbons (Fsp3) is 0.190. The van der Waals surface area contributed by atoms with Gasteiger partial charge in [-0.05, 0) is 60.9 Å². The number of hydrogen-bond donors (Lipinski definition) is 1. The van der Waals surface area contributed by atoms with Crippen molar-refractivity contribution < 1.29 is 13.2 Å². The molecule has 0 bridgehead atoms.